The lowest BCUT2D eigenvalue weighted by atomic mass is 10.0. The zero-order valence-corrected chi connectivity index (χ0v) is 11.7. The zero-order valence-electron chi connectivity index (χ0n) is 11.7. The van der Waals surface area contributed by atoms with Gasteiger partial charge in [0.15, 0.2) is 0 Å². The fraction of sp³-hybridized carbons (Fsp3) is 0.467. The molecule has 114 valence electrons. The molecule has 0 radical (unpaired) electrons. The van der Waals surface area contributed by atoms with Gasteiger partial charge in [0.1, 0.15) is 5.82 Å². The number of carboxylic acid groups (broad SMARTS) is 1. The minimum absolute atomic E-state index is 0.0370. The molecular formula is C15H19FN2O3. The van der Waals surface area contributed by atoms with Crippen molar-refractivity contribution in [3.63, 3.8) is 0 Å². The van der Waals surface area contributed by atoms with Crippen LogP contribution in [0.5, 0.6) is 0 Å². The maximum Gasteiger partial charge on any atom is 0.317 e. The van der Waals surface area contributed by atoms with Crippen LogP contribution in [0.15, 0.2) is 24.3 Å². The molecule has 1 atom stereocenters. The van der Waals surface area contributed by atoms with Crippen molar-refractivity contribution in [3.8, 4) is 0 Å². The third-order valence-electron chi connectivity index (χ3n) is 3.61. The number of hydrogen-bond donors (Lipinski definition) is 2. The molecule has 1 aliphatic rings. The summed E-state index contributed by atoms with van der Waals surface area (Å²) in [5.74, 6) is -1.16. The Labute approximate surface area is 122 Å². The molecule has 6 heteroatoms. The van der Waals surface area contributed by atoms with Crippen molar-refractivity contribution >= 4 is 12.0 Å². The summed E-state index contributed by atoms with van der Waals surface area (Å²) in [5.41, 5.74) is 0.926. The van der Waals surface area contributed by atoms with Crippen LogP contribution in [0.1, 0.15) is 37.3 Å². The highest BCUT2D eigenvalue weighted by Crippen LogP contribution is 2.31. The van der Waals surface area contributed by atoms with Gasteiger partial charge in [-0.05, 0) is 37.0 Å². The monoisotopic (exact) mass is 294 g/mol. The minimum Gasteiger partial charge on any atom is -0.481 e. The molecule has 2 amide bonds. The molecule has 1 fully saturated rings. The molecule has 2 rings (SSSR count). The molecule has 1 heterocycles. The van der Waals surface area contributed by atoms with Crippen molar-refractivity contribution in [1.82, 2.24) is 10.2 Å². The fourth-order valence-corrected chi connectivity index (χ4v) is 2.58. The molecule has 1 aromatic carbocycles. The van der Waals surface area contributed by atoms with E-state index in [1.54, 1.807) is 17.0 Å². The van der Waals surface area contributed by atoms with Gasteiger partial charge in [-0.1, -0.05) is 12.1 Å². The van der Waals surface area contributed by atoms with Crippen LogP contribution < -0.4 is 5.32 Å². The van der Waals surface area contributed by atoms with Gasteiger partial charge < -0.3 is 15.3 Å². The van der Waals surface area contributed by atoms with E-state index in [2.05, 4.69) is 5.32 Å². The Morgan fingerprint density at radius 3 is 2.71 bits per heavy atom. The van der Waals surface area contributed by atoms with Gasteiger partial charge in [0.05, 0.1) is 6.04 Å². The number of likely N-dealkylation sites (tertiary alicyclic amines) is 1. The number of carbonyl (C=O) groups is 2. The molecule has 0 bridgehead atoms. The largest absolute Gasteiger partial charge is 0.481 e. The second-order valence-corrected chi connectivity index (χ2v) is 5.13. The lowest BCUT2D eigenvalue weighted by Gasteiger charge is -2.25. The molecule has 5 nitrogen and oxygen atoms in total. The van der Waals surface area contributed by atoms with Crippen LogP contribution in [0.4, 0.5) is 9.18 Å². The van der Waals surface area contributed by atoms with Gasteiger partial charge in [0, 0.05) is 19.5 Å². The molecule has 1 aromatic rings. The number of nitrogens with zero attached hydrogens (tertiary/aromatic N) is 1. The topological polar surface area (TPSA) is 69.6 Å². The minimum atomic E-state index is -0.866. The number of amides is 2. The van der Waals surface area contributed by atoms with Gasteiger partial charge in [-0.3, -0.25) is 4.79 Å². The number of hydrogen-bond acceptors (Lipinski definition) is 2. The average molecular weight is 294 g/mol. The quantitative estimate of drug-likeness (QED) is 0.820. The van der Waals surface area contributed by atoms with Crippen LogP contribution in [0.3, 0.4) is 0 Å². The Hall–Kier alpha value is -2.11. The summed E-state index contributed by atoms with van der Waals surface area (Å²) in [5, 5.41) is 11.3. The zero-order chi connectivity index (χ0) is 15.2. The first-order valence-electron chi connectivity index (χ1n) is 7.09. The van der Waals surface area contributed by atoms with Gasteiger partial charge in [-0.25, -0.2) is 9.18 Å². The lowest BCUT2D eigenvalue weighted by molar-refractivity contribution is -0.137. The van der Waals surface area contributed by atoms with E-state index in [9.17, 15) is 14.0 Å². The third kappa shape index (κ3) is 4.18. The fourth-order valence-electron chi connectivity index (χ4n) is 2.58. The normalized spacial score (nSPS) is 17.8. The summed E-state index contributed by atoms with van der Waals surface area (Å²) in [6, 6.07) is 5.98. The van der Waals surface area contributed by atoms with E-state index >= 15 is 0 Å². The first-order valence-corrected chi connectivity index (χ1v) is 7.09. The first kappa shape index (κ1) is 15.3. The number of carboxylic acids is 1. The number of halogens is 1. The number of benzene rings is 1. The Morgan fingerprint density at radius 1 is 1.33 bits per heavy atom. The Bertz CT molecular complexity index is 504. The summed E-state index contributed by atoms with van der Waals surface area (Å²) in [4.78, 5) is 24.3. The Kier molecular flexibility index (Phi) is 5.14. The number of aliphatic carboxylic acids is 1. The third-order valence-corrected chi connectivity index (χ3v) is 3.61. The Balaban J connectivity index is 1.90. The van der Waals surface area contributed by atoms with E-state index in [-0.39, 0.29) is 24.3 Å². The van der Waals surface area contributed by atoms with Gasteiger partial charge in [0.25, 0.3) is 0 Å². The van der Waals surface area contributed by atoms with Gasteiger partial charge >= 0.3 is 12.0 Å². The Morgan fingerprint density at radius 2 is 2.05 bits per heavy atom. The molecule has 21 heavy (non-hydrogen) atoms. The molecule has 2 N–H and O–H groups in total. The van der Waals surface area contributed by atoms with Gasteiger partial charge in [-0.2, -0.15) is 0 Å². The summed E-state index contributed by atoms with van der Waals surface area (Å²) in [6.45, 7) is 1.00. The van der Waals surface area contributed by atoms with E-state index in [0.717, 1.165) is 18.4 Å². The molecule has 0 spiro atoms. The first-order chi connectivity index (χ1) is 10.1. The standard InChI is InChI=1S/C15H19FN2O3/c16-12-7-5-11(6-8-12)13-3-2-10-18(13)15(21)17-9-1-4-14(19)20/h5-8,13H,1-4,9-10H2,(H,17,21)(H,19,20). The smallest absolute Gasteiger partial charge is 0.317 e. The summed E-state index contributed by atoms with van der Waals surface area (Å²) in [6.07, 6.45) is 2.22. The molecule has 1 saturated heterocycles. The average Bonchev–Trinajstić information content (AvgIpc) is 2.93. The van der Waals surface area contributed by atoms with Crippen LogP contribution in [0.25, 0.3) is 0 Å². The maximum absolute atomic E-state index is 13.0. The summed E-state index contributed by atoms with van der Waals surface area (Å²) >= 11 is 0. The van der Waals surface area contributed by atoms with Crippen molar-refractivity contribution in [1.29, 1.82) is 0 Å². The summed E-state index contributed by atoms with van der Waals surface area (Å²) < 4.78 is 13.0. The molecule has 1 aliphatic heterocycles. The van der Waals surface area contributed by atoms with E-state index < -0.39 is 5.97 Å². The van der Waals surface area contributed by atoms with E-state index in [1.807, 2.05) is 0 Å². The lowest BCUT2D eigenvalue weighted by Crippen LogP contribution is -2.39. The van der Waals surface area contributed by atoms with E-state index in [0.29, 0.717) is 19.5 Å². The number of rotatable bonds is 5. The number of nitrogens with one attached hydrogen (secondary N) is 1. The molecule has 1 unspecified atom stereocenters. The molecule has 0 aromatic heterocycles. The second-order valence-electron chi connectivity index (χ2n) is 5.13. The van der Waals surface area contributed by atoms with Crippen molar-refractivity contribution < 1.29 is 19.1 Å². The molecule has 0 saturated carbocycles. The van der Waals surface area contributed by atoms with Crippen LogP contribution in [-0.4, -0.2) is 35.1 Å². The van der Waals surface area contributed by atoms with Crippen LogP contribution in [-0.2, 0) is 4.79 Å². The van der Waals surface area contributed by atoms with Crippen LogP contribution in [0.2, 0.25) is 0 Å². The van der Waals surface area contributed by atoms with Crippen molar-refractivity contribution in [2.75, 3.05) is 13.1 Å². The highest BCUT2D eigenvalue weighted by Gasteiger charge is 2.29. The van der Waals surface area contributed by atoms with Crippen LogP contribution in [0, 0.1) is 5.82 Å². The molecule has 0 aliphatic carbocycles. The van der Waals surface area contributed by atoms with E-state index in [1.165, 1.54) is 12.1 Å². The predicted octanol–water partition coefficient (Wildman–Crippen LogP) is 2.54. The number of urea groups is 1. The maximum atomic E-state index is 13.0. The van der Waals surface area contributed by atoms with Gasteiger partial charge in [-0.15, -0.1) is 0 Å². The van der Waals surface area contributed by atoms with Crippen LogP contribution >= 0.6 is 0 Å². The van der Waals surface area contributed by atoms with Crippen molar-refractivity contribution in [2.24, 2.45) is 0 Å². The summed E-state index contributed by atoms with van der Waals surface area (Å²) in [7, 11) is 0. The van der Waals surface area contributed by atoms with Gasteiger partial charge in [0.2, 0.25) is 0 Å². The van der Waals surface area contributed by atoms with Crippen molar-refractivity contribution in [3.05, 3.63) is 35.6 Å². The van der Waals surface area contributed by atoms with Crippen molar-refractivity contribution in [2.45, 2.75) is 31.7 Å². The SMILES string of the molecule is O=C(O)CCCNC(=O)N1CCCC1c1ccc(F)cc1. The predicted molar refractivity (Wildman–Crippen MR) is 75.3 cm³/mol. The second kappa shape index (κ2) is 7.06. The van der Waals surface area contributed by atoms with E-state index in [4.69, 9.17) is 5.11 Å². The number of carbonyl (C=O) groups excluding carboxylic acids is 1. The molecular weight excluding hydrogens is 275 g/mol. The highest BCUT2D eigenvalue weighted by atomic mass is 19.1. The highest BCUT2D eigenvalue weighted by molar-refractivity contribution is 5.75.